The fraction of sp³-hybridized carbons (Fsp3) is 0.600. The van der Waals surface area contributed by atoms with Crippen LogP contribution in [0.5, 0.6) is 5.75 Å². The molecule has 2 atom stereocenters. The summed E-state index contributed by atoms with van der Waals surface area (Å²) in [4.78, 5) is 2.47. The smallest absolute Gasteiger partial charge is 0.119 e. The van der Waals surface area contributed by atoms with E-state index in [-0.39, 0.29) is 0 Å². The third-order valence-corrected chi connectivity index (χ3v) is 4.09. The Morgan fingerprint density at radius 3 is 2.88 bits per heavy atom. The Labute approximate surface area is 104 Å². The average Bonchev–Trinajstić information content (AvgIpc) is 2.31. The van der Waals surface area contributed by atoms with Crippen LogP contribution in [0.2, 0.25) is 0 Å². The maximum Gasteiger partial charge on any atom is 0.119 e. The van der Waals surface area contributed by atoms with E-state index in [1.165, 1.54) is 17.5 Å². The van der Waals surface area contributed by atoms with E-state index in [0.717, 1.165) is 19.4 Å². The van der Waals surface area contributed by atoms with Crippen LogP contribution in [-0.2, 0) is 6.42 Å². The Kier molecular flexibility index (Phi) is 3.72. The summed E-state index contributed by atoms with van der Waals surface area (Å²) >= 11 is 0. The highest BCUT2D eigenvalue weighted by Gasteiger charge is 2.29. The van der Waals surface area contributed by atoms with Gasteiger partial charge in [0.25, 0.3) is 0 Å². The van der Waals surface area contributed by atoms with Gasteiger partial charge in [0.2, 0.25) is 0 Å². The second kappa shape index (κ2) is 5.09. The molecule has 1 N–H and O–H groups in total. The Morgan fingerprint density at radius 1 is 1.41 bits per heavy atom. The van der Waals surface area contributed by atoms with Gasteiger partial charge in [-0.05, 0) is 56.0 Å². The van der Waals surface area contributed by atoms with Crippen molar-refractivity contribution < 1.29 is 5.11 Å². The van der Waals surface area contributed by atoms with Crippen LogP contribution in [0.15, 0.2) is 18.2 Å². The first-order valence-electron chi connectivity index (χ1n) is 6.66. The van der Waals surface area contributed by atoms with Crippen molar-refractivity contribution in [2.75, 3.05) is 13.6 Å². The van der Waals surface area contributed by atoms with Crippen molar-refractivity contribution in [3.63, 3.8) is 0 Å². The molecule has 0 aliphatic heterocycles. The van der Waals surface area contributed by atoms with Gasteiger partial charge in [0.05, 0.1) is 0 Å². The molecule has 94 valence electrons. The van der Waals surface area contributed by atoms with E-state index in [4.69, 9.17) is 0 Å². The van der Waals surface area contributed by atoms with Crippen molar-refractivity contribution in [2.45, 2.75) is 45.1 Å². The van der Waals surface area contributed by atoms with Crippen LogP contribution in [0.1, 0.15) is 43.7 Å². The van der Waals surface area contributed by atoms with Crippen LogP contribution >= 0.6 is 0 Å². The summed E-state index contributed by atoms with van der Waals surface area (Å²) in [5.41, 5.74) is 2.50. The molecule has 0 saturated heterocycles. The maximum atomic E-state index is 9.89. The molecule has 2 nitrogen and oxygen atoms in total. The van der Waals surface area contributed by atoms with Gasteiger partial charge in [-0.3, -0.25) is 0 Å². The number of likely N-dealkylation sites (N-methyl/N-ethyl adjacent to an activating group) is 1. The largest absolute Gasteiger partial charge is 0.508 e. The van der Waals surface area contributed by atoms with Crippen LogP contribution < -0.4 is 0 Å². The van der Waals surface area contributed by atoms with Crippen LogP contribution in [0.3, 0.4) is 0 Å². The van der Waals surface area contributed by atoms with Crippen molar-refractivity contribution >= 4 is 0 Å². The number of phenolic OH excluding ortho intramolecular Hbond substituents is 1. The second-order valence-electron chi connectivity index (χ2n) is 5.22. The third-order valence-electron chi connectivity index (χ3n) is 4.09. The topological polar surface area (TPSA) is 23.5 Å². The number of nitrogens with zero attached hydrogens (tertiary/aromatic N) is 1. The van der Waals surface area contributed by atoms with E-state index in [1.54, 1.807) is 0 Å². The monoisotopic (exact) mass is 233 g/mol. The van der Waals surface area contributed by atoms with E-state index < -0.39 is 0 Å². The van der Waals surface area contributed by atoms with Crippen molar-refractivity contribution in [2.24, 2.45) is 0 Å². The summed E-state index contributed by atoms with van der Waals surface area (Å²) in [5, 5.41) is 9.89. The minimum absolute atomic E-state index is 0.478. The summed E-state index contributed by atoms with van der Waals surface area (Å²) in [6.07, 6.45) is 3.36. The predicted octanol–water partition coefficient (Wildman–Crippen LogP) is 3.15. The number of aromatic hydroxyl groups is 1. The van der Waals surface area contributed by atoms with E-state index in [2.05, 4.69) is 31.9 Å². The predicted molar refractivity (Wildman–Crippen MR) is 71.6 cm³/mol. The summed E-state index contributed by atoms with van der Waals surface area (Å²) < 4.78 is 0. The minimum atomic E-state index is 0.478. The van der Waals surface area contributed by atoms with Gasteiger partial charge in [-0.15, -0.1) is 0 Å². The van der Waals surface area contributed by atoms with E-state index >= 15 is 0 Å². The number of rotatable bonds is 3. The molecule has 0 saturated carbocycles. The number of hydrogen-bond donors (Lipinski definition) is 1. The van der Waals surface area contributed by atoms with Crippen molar-refractivity contribution in [3.05, 3.63) is 29.3 Å². The number of benzene rings is 1. The van der Waals surface area contributed by atoms with Gasteiger partial charge in [-0.1, -0.05) is 26.0 Å². The number of hydrogen-bond acceptors (Lipinski definition) is 2. The molecule has 1 aliphatic carbocycles. The number of fused-ring (bicyclic) bond motifs is 1. The summed E-state index contributed by atoms with van der Waals surface area (Å²) in [6.45, 7) is 5.67. The molecule has 2 rings (SSSR count). The molecule has 0 bridgehead atoms. The Bertz CT molecular complexity index is 389. The molecular weight excluding hydrogens is 210 g/mol. The molecule has 0 spiro atoms. The Balaban J connectivity index is 2.24. The van der Waals surface area contributed by atoms with E-state index in [0.29, 0.717) is 17.7 Å². The van der Waals surface area contributed by atoms with Gasteiger partial charge in [0.1, 0.15) is 5.75 Å². The van der Waals surface area contributed by atoms with Crippen molar-refractivity contribution in [1.29, 1.82) is 0 Å². The zero-order chi connectivity index (χ0) is 12.4. The molecule has 0 amide bonds. The van der Waals surface area contributed by atoms with Gasteiger partial charge < -0.3 is 10.0 Å². The Hall–Kier alpha value is -1.02. The lowest BCUT2D eigenvalue weighted by atomic mass is 9.79. The zero-order valence-electron chi connectivity index (χ0n) is 11.1. The molecule has 2 heteroatoms. The average molecular weight is 233 g/mol. The van der Waals surface area contributed by atoms with Gasteiger partial charge in [-0.2, -0.15) is 0 Å². The van der Waals surface area contributed by atoms with Crippen LogP contribution in [0, 0.1) is 0 Å². The lowest BCUT2D eigenvalue weighted by Gasteiger charge is -2.37. The lowest BCUT2D eigenvalue weighted by molar-refractivity contribution is 0.196. The molecule has 1 aromatic carbocycles. The second-order valence-corrected chi connectivity index (χ2v) is 5.22. The molecule has 1 aliphatic rings. The van der Waals surface area contributed by atoms with Gasteiger partial charge >= 0.3 is 0 Å². The molecular formula is C15H23NO. The molecule has 0 radical (unpaired) electrons. The first kappa shape index (κ1) is 12.4. The van der Waals surface area contributed by atoms with Gasteiger partial charge in [0, 0.05) is 6.04 Å². The molecule has 1 aromatic rings. The molecule has 0 aromatic heterocycles. The van der Waals surface area contributed by atoms with Crippen LogP contribution in [-0.4, -0.2) is 29.6 Å². The normalized spacial score (nSPS) is 23.8. The van der Waals surface area contributed by atoms with Crippen molar-refractivity contribution in [1.82, 2.24) is 4.90 Å². The van der Waals surface area contributed by atoms with Crippen molar-refractivity contribution in [3.8, 4) is 5.75 Å². The fourth-order valence-corrected chi connectivity index (χ4v) is 3.16. The highest BCUT2D eigenvalue weighted by molar-refractivity contribution is 5.43. The third kappa shape index (κ3) is 2.32. The first-order chi connectivity index (χ1) is 8.15. The highest BCUT2D eigenvalue weighted by atomic mass is 16.3. The van der Waals surface area contributed by atoms with E-state index in [9.17, 15) is 5.11 Å². The first-order valence-corrected chi connectivity index (χ1v) is 6.66. The number of phenols is 1. The quantitative estimate of drug-likeness (QED) is 0.867. The summed E-state index contributed by atoms with van der Waals surface area (Å²) in [5.74, 6) is 0.994. The maximum absolute atomic E-state index is 9.89. The standard InChI is InChI=1S/C15H23NO/c1-4-10-16(3)14-9-8-13-12(11(14)2)6-5-7-15(13)17/h5-7,11,14,17H,4,8-10H2,1-3H3/t11-,14+/m1/s1. The summed E-state index contributed by atoms with van der Waals surface area (Å²) in [6, 6.07) is 6.56. The molecule has 17 heavy (non-hydrogen) atoms. The highest BCUT2D eigenvalue weighted by Crippen LogP contribution is 2.37. The lowest BCUT2D eigenvalue weighted by Crippen LogP contribution is -2.39. The van der Waals surface area contributed by atoms with Gasteiger partial charge in [0.15, 0.2) is 0 Å². The Morgan fingerprint density at radius 2 is 2.18 bits per heavy atom. The molecule has 0 fully saturated rings. The van der Waals surface area contributed by atoms with Crippen LogP contribution in [0.25, 0.3) is 0 Å². The van der Waals surface area contributed by atoms with E-state index in [1.807, 2.05) is 12.1 Å². The summed E-state index contributed by atoms with van der Waals surface area (Å²) in [7, 11) is 2.22. The zero-order valence-corrected chi connectivity index (χ0v) is 11.1. The molecule has 0 heterocycles. The fourth-order valence-electron chi connectivity index (χ4n) is 3.16. The van der Waals surface area contributed by atoms with Crippen LogP contribution in [0.4, 0.5) is 0 Å². The minimum Gasteiger partial charge on any atom is -0.508 e. The van der Waals surface area contributed by atoms with Gasteiger partial charge in [-0.25, -0.2) is 0 Å². The SMILES string of the molecule is CCCN(C)[C@H]1CCc2c(O)cccc2[C@H]1C. The molecule has 0 unspecified atom stereocenters.